The Morgan fingerprint density at radius 2 is 1.98 bits per heavy atom. The van der Waals surface area contributed by atoms with Crippen LogP contribution in [0, 0.1) is 11.2 Å². The van der Waals surface area contributed by atoms with Crippen LogP contribution in [0.1, 0.15) is 49.3 Å². The molecule has 3 aromatic rings. The average molecular weight is 567 g/mol. The SMILES string of the molecule is CC1(C)CN(Cc2ccc(C3COC3)c(Cl)c2)CC[C@@]1(O)c1ccc2ncc(N3CCC(=O)NC3=O)cc2c1F. The predicted octanol–water partition coefficient (Wildman–Crippen LogP) is 4.71. The molecule has 0 unspecified atom stereocenters. The van der Waals surface area contributed by atoms with Crippen molar-refractivity contribution < 1.29 is 23.8 Å². The molecule has 3 fully saturated rings. The zero-order valence-corrected chi connectivity index (χ0v) is 23.3. The lowest BCUT2D eigenvalue weighted by atomic mass is 9.66. The number of anilines is 1. The molecular weight excluding hydrogens is 535 g/mol. The molecule has 3 amide bonds. The van der Waals surface area contributed by atoms with E-state index in [1.165, 1.54) is 11.1 Å². The second kappa shape index (κ2) is 10.1. The molecule has 1 aromatic heterocycles. The Bertz CT molecular complexity index is 1510. The van der Waals surface area contributed by atoms with Gasteiger partial charge < -0.3 is 9.84 Å². The maximum Gasteiger partial charge on any atom is 0.328 e. The number of likely N-dealkylation sites (tertiary alicyclic amines) is 1. The molecule has 0 radical (unpaired) electrons. The summed E-state index contributed by atoms with van der Waals surface area (Å²) in [7, 11) is 0. The molecule has 2 aromatic carbocycles. The van der Waals surface area contributed by atoms with Crippen LogP contribution in [-0.2, 0) is 21.7 Å². The number of carbonyl (C=O) groups excluding carboxylic acids is 2. The Labute approximate surface area is 237 Å². The molecule has 0 saturated carbocycles. The summed E-state index contributed by atoms with van der Waals surface area (Å²) in [6, 6.07) is 10.5. The first-order valence-electron chi connectivity index (χ1n) is 13.6. The van der Waals surface area contributed by atoms with Crippen LogP contribution in [0.2, 0.25) is 5.02 Å². The monoisotopic (exact) mass is 566 g/mol. The first-order valence-corrected chi connectivity index (χ1v) is 13.9. The van der Waals surface area contributed by atoms with E-state index in [0.717, 1.165) is 16.1 Å². The van der Waals surface area contributed by atoms with E-state index in [1.54, 1.807) is 18.2 Å². The lowest BCUT2D eigenvalue weighted by Crippen LogP contribution is -2.55. The molecule has 0 spiro atoms. The second-order valence-electron chi connectivity index (χ2n) is 11.7. The normalized spacial score (nSPS) is 23.8. The number of aliphatic hydroxyl groups is 1. The van der Waals surface area contributed by atoms with E-state index in [2.05, 4.69) is 27.3 Å². The number of ether oxygens (including phenoxy) is 1. The summed E-state index contributed by atoms with van der Waals surface area (Å²) in [5.41, 5.74) is 1.15. The highest BCUT2D eigenvalue weighted by atomic mass is 35.5. The number of benzene rings is 2. The Kier molecular flexibility index (Phi) is 6.81. The number of piperidine rings is 1. The standard InChI is InChI=1S/C30H32ClFN4O4/c1-29(2)17-35(14-18-3-4-21(24(31)11-18)19-15-40-16-19)10-8-30(29,39)23-5-6-25-22(27(23)32)12-20(13-33-25)36-9-7-26(37)34-28(36)38/h3-6,11-13,19,39H,7-10,14-17H2,1-2H3,(H,34,37,38)/t30-/m1/s1. The van der Waals surface area contributed by atoms with Crippen molar-refractivity contribution >= 4 is 40.1 Å². The van der Waals surface area contributed by atoms with Crippen molar-refractivity contribution in [1.82, 2.24) is 15.2 Å². The molecule has 2 N–H and O–H groups in total. The minimum atomic E-state index is -1.42. The van der Waals surface area contributed by atoms with Crippen LogP contribution in [0.3, 0.4) is 0 Å². The molecule has 210 valence electrons. The molecule has 10 heteroatoms. The molecule has 0 aliphatic carbocycles. The van der Waals surface area contributed by atoms with Gasteiger partial charge in [0.15, 0.2) is 0 Å². The Morgan fingerprint density at radius 1 is 1.18 bits per heavy atom. The zero-order valence-electron chi connectivity index (χ0n) is 22.5. The lowest BCUT2D eigenvalue weighted by Gasteiger charge is -2.50. The van der Waals surface area contributed by atoms with Gasteiger partial charge in [0.1, 0.15) is 5.82 Å². The van der Waals surface area contributed by atoms with Gasteiger partial charge in [-0.15, -0.1) is 0 Å². The van der Waals surface area contributed by atoms with Crippen LogP contribution in [0.15, 0.2) is 42.6 Å². The van der Waals surface area contributed by atoms with Crippen LogP contribution in [-0.4, -0.2) is 59.8 Å². The molecule has 8 nitrogen and oxygen atoms in total. The van der Waals surface area contributed by atoms with Crippen molar-refractivity contribution in [1.29, 1.82) is 0 Å². The van der Waals surface area contributed by atoms with Gasteiger partial charge in [-0.3, -0.25) is 24.9 Å². The first kappa shape index (κ1) is 27.1. The van der Waals surface area contributed by atoms with Crippen LogP contribution in [0.25, 0.3) is 10.9 Å². The van der Waals surface area contributed by atoms with Gasteiger partial charge in [-0.25, -0.2) is 9.18 Å². The maximum absolute atomic E-state index is 16.2. The molecule has 3 aliphatic heterocycles. The van der Waals surface area contributed by atoms with E-state index in [4.69, 9.17) is 16.3 Å². The summed E-state index contributed by atoms with van der Waals surface area (Å²) in [6.07, 6.45) is 1.99. The highest BCUT2D eigenvalue weighted by Crippen LogP contribution is 2.48. The zero-order chi connectivity index (χ0) is 28.2. The summed E-state index contributed by atoms with van der Waals surface area (Å²) >= 11 is 6.58. The number of rotatable bonds is 5. The van der Waals surface area contributed by atoms with Crippen LogP contribution in [0.5, 0.6) is 0 Å². The number of halogens is 2. The molecule has 40 heavy (non-hydrogen) atoms. The van der Waals surface area contributed by atoms with Gasteiger partial charge in [0.05, 0.1) is 36.2 Å². The third-order valence-electron chi connectivity index (χ3n) is 8.67. The lowest BCUT2D eigenvalue weighted by molar-refractivity contribution is -0.128. The van der Waals surface area contributed by atoms with E-state index in [-0.39, 0.29) is 29.8 Å². The number of hydrogen-bond acceptors (Lipinski definition) is 6. The molecule has 3 saturated heterocycles. The van der Waals surface area contributed by atoms with Crippen LogP contribution < -0.4 is 10.2 Å². The fourth-order valence-corrected chi connectivity index (χ4v) is 6.52. The minimum Gasteiger partial charge on any atom is -0.384 e. The van der Waals surface area contributed by atoms with Gasteiger partial charge in [-0.2, -0.15) is 0 Å². The van der Waals surface area contributed by atoms with Crippen LogP contribution in [0.4, 0.5) is 14.9 Å². The van der Waals surface area contributed by atoms with Crippen molar-refractivity contribution in [2.24, 2.45) is 5.41 Å². The Balaban J connectivity index is 1.24. The van der Waals surface area contributed by atoms with Crippen molar-refractivity contribution in [3.63, 3.8) is 0 Å². The molecular formula is C30H32ClFN4O4. The molecule has 0 bridgehead atoms. The van der Waals surface area contributed by atoms with Gasteiger partial charge in [-0.1, -0.05) is 43.6 Å². The smallest absolute Gasteiger partial charge is 0.328 e. The number of urea groups is 1. The molecule has 3 aliphatic rings. The van der Waals surface area contributed by atoms with Crippen molar-refractivity contribution in [2.75, 3.05) is 37.7 Å². The van der Waals surface area contributed by atoms with E-state index < -0.39 is 22.9 Å². The number of pyridine rings is 1. The van der Waals surface area contributed by atoms with E-state index in [9.17, 15) is 14.7 Å². The highest BCUT2D eigenvalue weighted by Gasteiger charge is 2.50. The van der Waals surface area contributed by atoms with E-state index in [1.807, 2.05) is 19.9 Å². The summed E-state index contributed by atoms with van der Waals surface area (Å²) in [5.74, 6) is -0.537. The van der Waals surface area contributed by atoms with Gasteiger partial charge in [-0.05, 0) is 35.7 Å². The third kappa shape index (κ3) is 4.64. The van der Waals surface area contributed by atoms with Gasteiger partial charge in [0, 0.05) is 59.9 Å². The number of aromatic nitrogens is 1. The van der Waals surface area contributed by atoms with Crippen molar-refractivity contribution in [3.8, 4) is 0 Å². The summed E-state index contributed by atoms with van der Waals surface area (Å²) in [5, 5.41) is 15.3. The Morgan fingerprint density at radius 3 is 2.65 bits per heavy atom. The fraction of sp³-hybridized carbons (Fsp3) is 0.433. The first-order chi connectivity index (χ1) is 19.1. The van der Waals surface area contributed by atoms with Crippen LogP contribution >= 0.6 is 11.6 Å². The maximum atomic E-state index is 16.2. The van der Waals surface area contributed by atoms with Gasteiger partial charge in [0.2, 0.25) is 5.91 Å². The van der Waals surface area contributed by atoms with E-state index in [0.29, 0.717) is 56.4 Å². The average Bonchev–Trinajstić information content (AvgIpc) is 2.87. The highest BCUT2D eigenvalue weighted by molar-refractivity contribution is 6.31. The molecule has 1 atom stereocenters. The largest absolute Gasteiger partial charge is 0.384 e. The minimum absolute atomic E-state index is 0.155. The summed E-state index contributed by atoms with van der Waals surface area (Å²) < 4.78 is 21.5. The number of imide groups is 1. The van der Waals surface area contributed by atoms with Gasteiger partial charge >= 0.3 is 6.03 Å². The quantitative estimate of drug-likeness (QED) is 0.465. The topological polar surface area (TPSA) is 95.0 Å². The predicted molar refractivity (Wildman–Crippen MR) is 150 cm³/mol. The number of nitrogens with one attached hydrogen (secondary N) is 1. The fourth-order valence-electron chi connectivity index (χ4n) is 6.17. The third-order valence-corrected chi connectivity index (χ3v) is 9.00. The molecule has 6 rings (SSSR count). The number of fused-ring (bicyclic) bond motifs is 1. The summed E-state index contributed by atoms with van der Waals surface area (Å²) in [4.78, 5) is 31.9. The molecule has 4 heterocycles. The Hall–Kier alpha value is -3.11. The number of carbonyl (C=O) groups is 2. The van der Waals surface area contributed by atoms with Gasteiger partial charge in [0.25, 0.3) is 0 Å². The van der Waals surface area contributed by atoms with E-state index >= 15 is 4.39 Å². The summed E-state index contributed by atoms with van der Waals surface area (Å²) in [6.45, 7) is 7.32. The number of amides is 3. The number of hydrogen-bond donors (Lipinski definition) is 2. The van der Waals surface area contributed by atoms with Crippen molar-refractivity contribution in [2.45, 2.75) is 44.8 Å². The number of nitrogens with zero attached hydrogens (tertiary/aromatic N) is 3. The second-order valence-corrected chi connectivity index (χ2v) is 12.1. The van der Waals surface area contributed by atoms with Crippen molar-refractivity contribution in [3.05, 3.63) is 70.1 Å².